The van der Waals surface area contributed by atoms with Gasteiger partial charge in [-0.2, -0.15) is 0 Å². The Bertz CT molecular complexity index is 605. The Labute approximate surface area is 131 Å². The molecule has 4 heteroatoms. The molecule has 2 N–H and O–H groups in total. The predicted octanol–water partition coefficient (Wildman–Crippen LogP) is 2.21. The lowest BCUT2D eigenvalue weighted by atomic mass is 10.1. The maximum absolute atomic E-state index is 9.58. The Morgan fingerprint density at radius 2 is 1.55 bits per heavy atom. The summed E-state index contributed by atoms with van der Waals surface area (Å²) in [4.78, 5) is 4.75. The van der Waals surface area contributed by atoms with Crippen molar-refractivity contribution < 1.29 is 10.2 Å². The van der Waals surface area contributed by atoms with Crippen molar-refractivity contribution in [3.8, 4) is 5.75 Å². The highest BCUT2D eigenvalue weighted by atomic mass is 16.3. The molecule has 0 amide bonds. The molecule has 2 aromatic carbocycles. The highest BCUT2D eigenvalue weighted by Crippen LogP contribution is 2.21. The number of aromatic hydroxyl groups is 1. The number of aliphatic hydroxyl groups is 1. The minimum absolute atomic E-state index is 0.100. The Morgan fingerprint density at radius 3 is 2.18 bits per heavy atom. The Balaban J connectivity index is 1.55. The number of hydrogen-bond acceptors (Lipinski definition) is 4. The van der Waals surface area contributed by atoms with E-state index >= 15 is 0 Å². The van der Waals surface area contributed by atoms with Crippen molar-refractivity contribution in [3.05, 3.63) is 59.7 Å². The van der Waals surface area contributed by atoms with E-state index in [4.69, 9.17) is 5.11 Å². The smallest absolute Gasteiger partial charge is 0.117 e. The van der Waals surface area contributed by atoms with E-state index in [0.29, 0.717) is 5.75 Å². The summed E-state index contributed by atoms with van der Waals surface area (Å²) in [7, 11) is 0. The molecule has 3 rings (SSSR count). The van der Waals surface area contributed by atoms with Crippen LogP contribution in [0.25, 0.3) is 0 Å². The number of benzene rings is 2. The van der Waals surface area contributed by atoms with Crippen LogP contribution in [0.1, 0.15) is 11.1 Å². The van der Waals surface area contributed by atoms with Gasteiger partial charge in [0.1, 0.15) is 5.75 Å². The Hall–Kier alpha value is -2.04. The van der Waals surface area contributed by atoms with Crippen LogP contribution in [0.15, 0.2) is 48.5 Å². The standard InChI is InChI=1S/C18H22N2O2/c21-14-16-6-4-15(5-7-16)13-19-8-10-20(11-9-19)17-2-1-3-18(22)12-17/h1-7,12,21-22H,8-11,13-14H2. The molecule has 1 aliphatic heterocycles. The summed E-state index contributed by atoms with van der Waals surface area (Å²) in [5.41, 5.74) is 3.33. The molecule has 4 nitrogen and oxygen atoms in total. The summed E-state index contributed by atoms with van der Waals surface area (Å²) in [5, 5.41) is 18.7. The normalized spacial score (nSPS) is 16.0. The van der Waals surface area contributed by atoms with Crippen LogP contribution < -0.4 is 4.90 Å². The van der Waals surface area contributed by atoms with Crippen LogP contribution in [0.4, 0.5) is 5.69 Å². The van der Waals surface area contributed by atoms with Crippen LogP contribution in [0, 0.1) is 0 Å². The first kappa shape index (κ1) is 14.9. The first-order valence-corrected chi connectivity index (χ1v) is 7.69. The van der Waals surface area contributed by atoms with E-state index in [0.717, 1.165) is 44.0 Å². The number of aliphatic hydroxyl groups excluding tert-OH is 1. The fourth-order valence-electron chi connectivity index (χ4n) is 2.86. The summed E-state index contributed by atoms with van der Waals surface area (Å²) < 4.78 is 0. The van der Waals surface area contributed by atoms with Crippen molar-refractivity contribution >= 4 is 5.69 Å². The van der Waals surface area contributed by atoms with E-state index in [1.54, 1.807) is 6.07 Å². The SMILES string of the molecule is OCc1ccc(CN2CCN(c3cccc(O)c3)CC2)cc1. The van der Waals surface area contributed by atoms with Crippen molar-refractivity contribution in [3.63, 3.8) is 0 Å². The van der Waals surface area contributed by atoms with Crippen LogP contribution in [0.2, 0.25) is 0 Å². The van der Waals surface area contributed by atoms with Crippen LogP contribution in [0.3, 0.4) is 0 Å². The van der Waals surface area contributed by atoms with Gasteiger partial charge in [0, 0.05) is 44.5 Å². The van der Waals surface area contributed by atoms with E-state index in [1.165, 1.54) is 5.56 Å². The van der Waals surface area contributed by atoms with Crippen molar-refractivity contribution in [2.24, 2.45) is 0 Å². The largest absolute Gasteiger partial charge is 0.508 e. The van der Waals surface area contributed by atoms with Crippen molar-refractivity contribution in [1.82, 2.24) is 4.90 Å². The predicted molar refractivity (Wildman–Crippen MR) is 88.0 cm³/mol. The molecular weight excluding hydrogens is 276 g/mol. The highest BCUT2D eigenvalue weighted by Gasteiger charge is 2.17. The summed E-state index contributed by atoms with van der Waals surface area (Å²) in [6.07, 6.45) is 0. The average Bonchev–Trinajstić information content (AvgIpc) is 2.56. The molecular formula is C18H22N2O2. The minimum atomic E-state index is 0.100. The summed E-state index contributed by atoms with van der Waals surface area (Å²) >= 11 is 0. The maximum atomic E-state index is 9.58. The van der Waals surface area contributed by atoms with Gasteiger partial charge < -0.3 is 15.1 Å². The number of piperazine rings is 1. The number of nitrogens with zero attached hydrogens (tertiary/aromatic N) is 2. The lowest BCUT2D eigenvalue weighted by molar-refractivity contribution is 0.249. The number of hydrogen-bond donors (Lipinski definition) is 2. The molecule has 0 spiro atoms. The number of rotatable bonds is 4. The number of phenols is 1. The summed E-state index contributed by atoms with van der Waals surface area (Å²) in [6, 6.07) is 15.6. The molecule has 116 valence electrons. The fourth-order valence-corrected chi connectivity index (χ4v) is 2.86. The van der Waals surface area contributed by atoms with Gasteiger partial charge in [0.25, 0.3) is 0 Å². The number of phenolic OH excluding ortho intramolecular Hbond substituents is 1. The van der Waals surface area contributed by atoms with Gasteiger partial charge in [0.15, 0.2) is 0 Å². The molecule has 0 bridgehead atoms. The molecule has 1 heterocycles. The van der Waals surface area contributed by atoms with Crippen LogP contribution >= 0.6 is 0 Å². The first-order valence-electron chi connectivity index (χ1n) is 7.69. The molecule has 2 aromatic rings. The lowest BCUT2D eigenvalue weighted by Gasteiger charge is -2.36. The van der Waals surface area contributed by atoms with Gasteiger partial charge in [-0.05, 0) is 23.3 Å². The monoisotopic (exact) mass is 298 g/mol. The topological polar surface area (TPSA) is 46.9 Å². The molecule has 0 unspecified atom stereocenters. The van der Waals surface area contributed by atoms with Gasteiger partial charge in [-0.25, -0.2) is 0 Å². The molecule has 0 atom stereocenters. The maximum Gasteiger partial charge on any atom is 0.117 e. The molecule has 0 radical (unpaired) electrons. The quantitative estimate of drug-likeness (QED) is 0.908. The summed E-state index contributed by atoms with van der Waals surface area (Å²) in [6.45, 7) is 5.01. The summed E-state index contributed by atoms with van der Waals surface area (Å²) in [5.74, 6) is 0.323. The van der Waals surface area contributed by atoms with Crippen molar-refractivity contribution in [1.29, 1.82) is 0 Å². The molecule has 0 aliphatic carbocycles. The third kappa shape index (κ3) is 3.59. The van der Waals surface area contributed by atoms with E-state index in [-0.39, 0.29) is 6.61 Å². The second-order valence-corrected chi connectivity index (χ2v) is 5.76. The Morgan fingerprint density at radius 1 is 0.864 bits per heavy atom. The van der Waals surface area contributed by atoms with E-state index in [2.05, 4.69) is 21.9 Å². The first-order chi connectivity index (χ1) is 10.7. The van der Waals surface area contributed by atoms with Gasteiger partial charge in [-0.15, -0.1) is 0 Å². The zero-order valence-corrected chi connectivity index (χ0v) is 12.7. The van der Waals surface area contributed by atoms with Crippen LogP contribution in [-0.4, -0.2) is 41.3 Å². The van der Waals surface area contributed by atoms with Gasteiger partial charge in [0.05, 0.1) is 6.61 Å². The van der Waals surface area contributed by atoms with E-state index in [1.807, 2.05) is 30.3 Å². The van der Waals surface area contributed by atoms with Gasteiger partial charge >= 0.3 is 0 Å². The molecule has 1 fully saturated rings. The van der Waals surface area contributed by atoms with Crippen molar-refractivity contribution in [2.75, 3.05) is 31.1 Å². The van der Waals surface area contributed by atoms with E-state index in [9.17, 15) is 5.11 Å². The lowest BCUT2D eigenvalue weighted by Crippen LogP contribution is -2.45. The van der Waals surface area contributed by atoms with E-state index < -0.39 is 0 Å². The van der Waals surface area contributed by atoms with Gasteiger partial charge in [-0.1, -0.05) is 30.3 Å². The molecule has 22 heavy (non-hydrogen) atoms. The van der Waals surface area contributed by atoms with Crippen molar-refractivity contribution in [2.45, 2.75) is 13.2 Å². The number of anilines is 1. The van der Waals surface area contributed by atoms with Gasteiger partial charge in [-0.3, -0.25) is 4.90 Å². The third-order valence-corrected chi connectivity index (χ3v) is 4.18. The minimum Gasteiger partial charge on any atom is -0.508 e. The van der Waals surface area contributed by atoms with Gasteiger partial charge in [0.2, 0.25) is 0 Å². The zero-order chi connectivity index (χ0) is 15.4. The average molecular weight is 298 g/mol. The third-order valence-electron chi connectivity index (χ3n) is 4.18. The molecule has 0 saturated carbocycles. The Kier molecular flexibility index (Phi) is 4.61. The fraction of sp³-hybridized carbons (Fsp3) is 0.333. The van der Waals surface area contributed by atoms with Crippen LogP contribution in [-0.2, 0) is 13.2 Å². The zero-order valence-electron chi connectivity index (χ0n) is 12.7. The van der Waals surface area contributed by atoms with Crippen LogP contribution in [0.5, 0.6) is 5.75 Å². The highest BCUT2D eigenvalue weighted by molar-refractivity contribution is 5.50. The second-order valence-electron chi connectivity index (χ2n) is 5.76. The molecule has 1 aliphatic rings. The molecule has 0 aromatic heterocycles. The molecule has 1 saturated heterocycles. The second kappa shape index (κ2) is 6.81.